The third-order valence-corrected chi connectivity index (χ3v) is 2.71. The van der Waals surface area contributed by atoms with Crippen molar-refractivity contribution in [3.05, 3.63) is 29.6 Å². The van der Waals surface area contributed by atoms with Gasteiger partial charge in [-0.2, -0.15) is 4.98 Å². The van der Waals surface area contributed by atoms with Crippen LogP contribution in [0.1, 0.15) is 31.2 Å². The quantitative estimate of drug-likeness (QED) is 0.821. The largest absolute Gasteiger partial charge is 0.399 e. The number of hydrogen-bond acceptors (Lipinski definition) is 4. The molecule has 2 aromatic rings. The molecule has 0 fully saturated rings. The molecular weight excluding hydrogens is 214 g/mol. The number of nitrogens with zero attached hydrogens (tertiary/aromatic N) is 2. The molecule has 0 aliphatic carbocycles. The monoisotopic (exact) mass is 231 g/mol. The lowest BCUT2D eigenvalue weighted by Crippen LogP contribution is -1.90. The van der Waals surface area contributed by atoms with Crippen LogP contribution in [0, 0.1) is 6.92 Å². The molecule has 0 radical (unpaired) electrons. The topological polar surface area (TPSA) is 64.9 Å². The van der Waals surface area contributed by atoms with Crippen molar-refractivity contribution in [3.8, 4) is 11.5 Å². The fourth-order valence-corrected chi connectivity index (χ4v) is 1.67. The van der Waals surface area contributed by atoms with Gasteiger partial charge in [-0.15, -0.1) is 0 Å². The fraction of sp³-hybridized carbons (Fsp3) is 0.385. The van der Waals surface area contributed by atoms with Gasteiger partial charge in [0.1, 0.15) is 0 Å². The molecule has 1 aromatic carbocycles. The van der Waals surface area contributed by atoms with Gasteiger partial charge in [-0.05, 0) is 31.0 Å². The summed E-state index contributed by atoms with van der Waals surface area (Å²) in [4.78, 5) is 4.39. The van der Waals surface area contributed by atoms with Crippen molar-refractivity contribution in [2.75, 3.05) is 5.73 Å². The second-order valence-electron chi connectivity index (χ2n) is 4.19. The molecule has 0 amide bonds. The standard InChI is InChI=1S/C13H17N3O/c1-3-4-5-12-15-13(17-16-12)11-8-10(14)7-6-9(11)2/h6-8H,3-5,14H2,1-2H3. The minimum absolute atomic E-state index is 0.556. The van der Waals surface area contributed by atoms with E-state index in [2.05, 4.69) is 17.1 Å². The van der Waals surface area contributed by atoms with Crippen LogP contribution in [0.4, 0.5) is 5.69 Å². The van der Waals surface area contributed by atoms with Gasteiger partial charge in [-0.1, -0.05) is 24.6 Å². The van der Waals surface area contributed by atoms with Gasteiger partial charge in [-0.25, -0.2) is 0 Å². The lowest BCUT2D eigenvalue weighted by molar-refractivity contribution is 0.421. The Kier molecular flexibility index (Phi) is 3.42. The molecule has 0 saturated carbocycles. The molecule has 4 heteroatoms. The Morgan fingerprint density at radius 2 is 2.18 bits per heavy atom. The van der Waals surface area contributed by atoms with Crippen molar-refractivity contribution in [3.63, 3.8) is 0 Å². The average Bonchev–Trinajstić information content (AvgIpc) is 2.78. The minimum atomic E-state index is 0.556. The van der Waals surface area contributed by atoms with Gasteiger partial charge in [0.05, 0.1) is 0 Å². The van der Waals surface area contributed by atoms with E-state index >= 15 is 0 Å². The first-order valence-corrected chi connectivity index (χ1v) is 5.89. The van der Waals surface area contributed by atoms with Gasteiger partial charge in [-0.3, -0.25) is 0 Å². The highest BCUT2D eigenvalue weighted by molar-refractivity contribution is 5.63. The highest BCUT2D eigenvalue weighted by Crippen LogP contribution is 2.24. The van der Waals surface area contributed by atoms with Gasteiger partial charge in [0.15, 0.2) is 5.82 Å². The second kappa shape index (κ2) is 4.99. The summed E-state index contributed by atoms with van der Waals surface area (Å²) in [6.07, 6.45) is 3.07. The summed E-state index contributed by atoms with van der Waals surface area (Å²) in [6, 6.07) is 5.69. The highest BCUT2D eigenvalue weighted by atomic mass is 16.5. The van der Waals surface area contributed by atoms with E-state index in [1.807, 2.05) is 25.1 Å². The van der Waals surface area contributed by atoms with Crippen LogP contribution in [-0.2, 0) is 6.42 Å². The maximum atomic E-state index is 5.76. The Balaban J connectivity index is 2.27. The number of unbranched alkanes of at least 4 members (excludes halogenated alkanes) is 1. The molecule has 0 aliphatic rings. The van der Waals surface area contributed by atoms with E-state index in [0.29, 0.717) is 11.6 Å². The molecule has 17 heavy (non-hydrogen) atoms. The van der Waals surface area contributed by atoms with Gasteiger partial charge in [0.25, 0.3) is 5.89 Å². The zero-order chi connectivity index (χ0) is 12.3. The summed E-state index contributed by atoms with van der Waals surface area (Å²) < 4.78 is 5.27. The molecule has 0 unspecified atom stereocenters. The van der Waals surface area contributed by atoms with Crippen LogP contribution in [0.15, 0.2) is 22.7 Å². The van der Waals surface area contributed by atoms with Gasteiger partial charge in [0.2, 0.25) is 0 Å². The number of rotatable bonds is 4. The summed E-state index contributed by atoms with van der Waals surface area (Å²) in [5, 5.41) is 3.97. The van der Waals surface area contributed by atoms with Crippen LogP contribution in [0.5, 0.6) is 0 Å². The van der Waals surface area contributed by atoms with E-state index in [1.165, 1.54) is 0 Å². The van der Waals surface area contributed by atoms with Gasteiger partial charge < -0.3 is 10.3 Å². The zero-order valence-electron chi connectivity index (χ0n) is 10.2. The van der Waals surface area contributed by atoms with Crippen molar-refractivity contribution in [2.45, 2.75) is 33.1 Å². The van der Waals surface area contributed by atoms with Crippen LogP contribution in [0.3, 0.4) is 0 Å². The van der Waals surface area contributed by atoms with E-state index in [9.17, 15) is 0 Å². The Hall–Kier alpha value is -1.84. The molecule has 90 valence electrons. The summed E-state index contributed by atoms with van der Waals surface area (Å²) in [5.74, 6) is 1.32. The van der Waals surface area contributed by atoms with Crippen LogP contribution >= 0.6 is 0 Å². The number of benzene rings is 1. The Morgan fingerprint density at radius 3 is 2.94 bits per heavy atom. The first kappa shape index (κ1) is 11.6. The number of aromatic nitrogens is 2. The van der Waals surface area contributed by atoms with Crippen molar-refractivity contribution in [1.29, 1.82) is 0 Å². The molecule has 2 N–H and O–H groups in total. The maximum absolute atomic E-state index is 5.76. The number of nitrogen functional groups attached to an aromatic ring is 1. The van der Waals surface area contributed by atoms with Crippen molar-refractivity contribution in [1.82, 2.24) is 10.1 Å². The van der Waals surface area contributed by atoms with E-state index in [4.69, 9.17) is 10.3 Å². The Labute approximate surface area is 101 Å². The second-order valence-corrected chi connectivity index (χ2v) is 4.19. The summed E-state index contributed by atoms with van der Waals surface area (Å²) in [7, 11) is 0. The number of anilines is 1. The number of aryl methyl sites for hydroxylation is 2. The molecule has 4 nitrogen and oxygen atoms in total. The summed E-state index contributed by atoms with van der Waals surface area (Å²) >= 11 is 0. The SMILES string of the molecule is CCCCc1noc(-c2cc(N)ccc2C)n1. The third kappa shape index (κ3) is 2.64. The van der Waals surface area contributed by atoms with Crippen molar-refractivity contribution >= 4 is 5.69 Å². The molecule has 0 spiro atoms. The molecule has 1 aromatic heterocycles. The molecule has 0 saturated heterocycles. The molecule has 0 aliphatic heterocycles. The Morgan fingerprint density at radius 1 is 1.35 bits per heavy atom. The van der Waals surface area contributed by atoms with E-state index in [1.54, 1.807) is 0 Å². The van der Waals surface area contributed by atoms with E-state index < -0.39 is 0 Å². The van der Waals surface area contributed by atoms with E-state index in [0.717, 1.165) is 36.2 Å². The lowest BCUT2D eigenvalue weighted by atomic mass is 10.1. The summed E-state index contributed by atoms with van der Waals surface area (Å²) in [6.45, 7) is 4.15. The van der Waals surface area contributed by atoms with Gasteiger partial charge in [0, 0.05) is 17.7 Å². The first-order valence-electron chi connectivity index (χ1n) is 5.89. The smallest absolute Gasteiger partial charge is 0.258 e. The van der Waals surface area contributed by atoms with E-state index in [-0.39, 0.29) is 0 Å². The zero-order valence-corrected chi connectivity index (χ0v) is 10.2. The molecule has 1 heterocycles. The van der Waals surface area contributed by atoms with Crippen molar-refractivity contribution in [2.24, 2.45) is 0 Å². The average molecular weight is 231 g/mol. The normalized spacial score (nSPS) is 10.7. The van der Waals surface area contributed by atoms with Crippen LogP contribution in [0.2, 0.25) is 0 Å². The van der Waals surface area contributed by atoms with Crippen molar-refractivity contribution < 1.29 is 4.52 Å². The molecule has 0 bridgehead atoms. The predicted molar refractivity (Wildman–Crippen MR) is 67.5 cm³/mol. The van der Waals surface area contributed by atoms with Crippen LogP contribution < -0.4 is 5.73 Å². The molecular formula is C13H17N3O. The summed E-state index contributed by atoms with van der Waals surface area (Å²) in [5.41, 5.74) is 8.47. The highest BCUT2D eigenvalue weighted by Gasteiger charge is 2.11. The lowest BCUT2D eigenvalue weighted by Gasteiger charge is -2.01. The van der Waals surface area contributed by atoms with Gasteiger partial charge >= 0.3 is 0 Å². The number of nitrogens with two attached hydrogens (primary N) is 1. The molecule has 2 rings (SSSR count). The maximum Gasteiger partial charge on any atom is 0.258 e. The first-order chi connectivity index (χ1) is 8.20. The minimum Gasteiger partial charge on any atom is -0.399 e. The molecule has 0 atom stereocenters. The fourth-order valence-electron chi connectivity index (χ4n) is 1.67. The van der Waals surface area contributed by atoms with Crippen LogP contribution in [-0.4, -0.2) is 10.1 Å². The third-order valence-electron chi connectivity index (χ3n) is 2.71. The van der Waals surface area contributed by atoms with Crippen LogP contribution in [0.25, 0.3) is 11.5 Å². The predicted octanol–water partition coefficient (Wildman–Crippen LogP) is 2.97. The number of hydrogen-bond donors (Lipinski definition) is 1. The Bertz CT molecular complexity index is 505.